The Morgan fingerprint density at radius 3 is 2.45 bits per heavy atom. The summed E-state index contributed by atoms with van der Waals surface area (Å²) in [4.78, 5) is 0. The second-order valence-corrected chi connectivity index (χ2v) is 6.31. The number of benzene rings is 2. The molecule has 0 fully saturated rings. The lowest BCUT2D eigenvalue weighted by atomic mass is 9.85. The summed E-state index contributed by atoms with van der Waals surface area (Å²) in [5, 5.41) is 3.37. The number of alkyl halides is 2. The molecule has 3 heteroatoms. The van der Waals surface area contributed by atoms with Crippen molar-refractivity contribution in [3.8, 4) is 0 Å². The van der Waals surface area contributed by atoms with Crippen LogP contribution in [0.25, 0.3) is 0 Å². The lowest BCUT2D eigenvalue weighted by molar-refractivity contribution is -0.00371. The van der Waals surface area contributed by atoms with E-state index in [1.165, 1.54) is 5.56 Å². The van der Waals surface area contributed by atoms with Gasteiger partial charge in [0.15, 0.2) is 0 Å². The van der Waals surface area contributed by atoms with Gasteiger partial charge in [-0.2, -0.15) is 0 Å². The molecular weight excluding hydrogens is 280 g/mol. The molecule has 0 saturated carbocycles. The van der Waals surface area contributed by atoms with Crippen molar-refractivity contribution in [2.75, 3.05) is 13.1 Å². The van der Waals surface area contributed by atoms with Crippen molar-refractivity contribution in [1.29, 1.82) is 0 Å². The summed E-state index contributed by atoms with van der Waals surface area (Å²) >= 11 is 0. The number of fused-ring (bicyclic) bond motifs is 3. The molecule has 1 nitrogen and oxygen atoms in total. The van der Waals surface area contributed by atoms with Crippen LogP contribution in [0, 0.1) is 0 Å². The molecular formula is C19H19F2N. The number of nitrogens with one attached hydrogen (secondary N) is 1. The standard InChI is InChI=1S/C19H19F2N/c20-19(21)12-15-7-6-13-8-10-22-11-9-16(13)17(15)18(19)14-4-2-1-3-5-14/h1-7,18,22H,8-12H2. The van der Waals surface area contributed by atoms with Crippen LogP contribution in [-0.2, 0) is 19.3 Å². The van der Waals surface area contributed by atoms with E-state index in [4.69, 9.17) is 0 Å². The van der Waals surface area contributed by atoms with Crippen LogP contribution in [0.2, 0.25) is 0 Å². The molecule has 0 bridgehead atoms. The summed E-state index contributed by atoms with van der Waals surface area (Å²) in [6.45, 7) is 1.80. The third-order valence-electron chi connectivity index (χ3n) is 4.94. The molecule has 114 valence electrons. The lowest BCUT2D eigenvalue weighted by Gasteiger charge is -2.23. The highest BCUT2D eigenvalue weighted by Gasteiger charge is 2.49. The molecule has 2 aliphatic rings. The molecule has 2 aromatic rings. The first-order valence-electron chi connectivity index (χ1n) is 7.94. The van der Waals surface area contributed by atoms with Gasteiger partial charge in [-0.15, -0.1) is 0 Å². The minimum atomic E-state index is -2.70. The van der Waals surface area contributed by atoms with Crippen LogP contribution in [0.5, 0.6) is 0 Å². The van der Waals surface area contributed by atoms with Crippen LogP contribution in [0.1, 0.15) is 33.7 Å². The number of rotatable bonds is 1. The van der Waals surface area contributed by atoms with Gasteiger partial charge in [0.2, 0.25) is 0 Å². The molecule has 22 heavy (non-hydrogen) atoms. The highest BCUT2D eigenvalue weighted by molar-refractivity contribution is 5.53. The fourth-order valence-corrected chi connectivity index (χ4v) is 3.99. The zero-order valence-corrected chi connectivity index (χ0v) is 12.4. The van der Waals surface area contributed by atoms with E-state index in [2.05, 4.69) is 11.4 Å². The number of hydrogen-bond donors (Lipinski definition) is 1. The van der Waals surface area contributed by atoms with E-state index in [1.54, 1.807) is 0 Å². The number of halogens is 2. The molecule has 1 unspecified atom stereocenters. The van der Waals surface area contributed by atoms with Gasteiger partial charge in [-0.1, -0.05) is 42.5 Å². The van der Waals surface area contributed by atoms with Gasteiger partial charge >= 0.3 is 0 Å². The first-order chi connectivity index (χ1) is 10.7. The highest BCUT2D eigenvalue weighted by atomic mass is 19.3. The summed E-state index contributed by atoms with van der Waals surface area (Å²) in [5.41, 5.74) is 4.87. The smallest absolute Gasteiger partial charge is 0.262 e. The Balaban J connectivity index is 1.91. The second-order valence-electron chi connectivity index (χ2n) is 6.31. The fourth-order valence-electron chi connectivity index (χ4n) is 3.99. The van der Waals surface area contributed by atoms with Crippen molar-refractivity contribution in [3.63, 3.8) is 0 Å². The van der Waals surface area contributed by atoms with Crippen LogP contribution in [0.15, 0.2) is 42.5 Å². The lowest BCUT2D eigenvalue weighted by Crippen LogP contribution is -2.24. The average Bonchev–Trinajstić information content (AvgIpc) is 2.66. The van der Waals surface area contributed by atoms with Crippen molar-refractivity contribution in [2.45, 2.75) is 31.1 Å². The van der Waals surface area contributed by atoms with Crippen LogP contribution in [-0.4, -0.2) is 19.0 Å². The zero-order valence-electron chi connectivity index (χ0n) is 12.4. The van der Waals surface area contributed by atoms with Gasteiger partial charge in [-0.25, -0.2) is 8.78 Å². The van der Waals surface area contributed by atoms with Gasteiger partial charge in [0, 0.05) is 6.42 Å². The van der Waals surface area contributed by atoms with Gasteiger partial charge in [0.05, 0.1) is 5.92 Å². The van der Waals surface area contributed by atoms with Crippen LogP contribution in [0.4, 0.5) is 8.78 Å². The quantitative estimate of drug-likeness (QED) is 0.846. The maximum absolute atomic E-state index is 14.7. The van der Waals surface area contributed by atoms with Crippen molar-refractivity contribution in [3.05, 3.63) is 70.3 Å². The third-order valence-corrected chi connectivity index (χ3v) is 4.94. The molecule has 0 saturated heterocycles. The predicted molar refractivity (Wildman–Crippen MR) is 83.7 cm³/mol. The van der Waals surface area contributed by atoms with Crippen molar-refractivity contribution in [1.82, 2.24) is 5.32 Å². The molecule has 1 aliphatic heterocycles. The van der Waals surface area contributed by atoms with Crippen molar-refractivity contribution in [2.24, 2.45) is 0 Å². The number of hydrogen-bond acceptors (Lipinski definition) is 1. The molecule has 0 spiro atoms. The van der Waals surface area contributed by atoms with Gasteiger partial charge in [-0.05, 0) is 53.7 Å². The Bertz CT molecular complexity index is 694. The molecule has 1 atom stereocenters. The summed E-state index contributed by atoms with van der Waals surface area (Å²) in [7, 11) is 0. The SMILES string of the molecule is FC1(F)Cc2ccc3c(c2C1c1ccccc1)CCNCC3. The monoisotopic (exact) mass is 299 g/mol. The highest BCUT2D eigenvalue weighted by Crippen LogP contribution is 2.50. The van der Waals surface area contributed by atoms with Gasteiger partial charge in [0.25, 0.3) is 5.92 Å². The van der Waals surface area contributed by atoms with E-state index in [0.717, 1.165) is 48.2 Å². The van der Waals surface area contributed by atoms with Crippen LogP contribution >= 0.6 is 0 Å². The van der Waals surface area contributed by atoms with Gasteiger partial charge in [0.1, 0.15) is 0 Å². The Labute approximate surface area is 129 Å². The molecule has 1 heterocycles. The van der Waals surface area contributed by atoms with E-state index in [-0.39, 0.29) is 6.42 Å². The van der Waals surface area contributed by atoms with Gasteiger partial charge < -0.3 is 5.32 Å². The molecule has 1 N–H and O–H groups in total. The van der Waals surface area contributed by atoms with E-state index in [1.807, 2.05) is 36.4 Å². The second kappa shape index (κ2) is 5.17. The largest absolute Gasteiger partial charge is 0.316 e. The summed E-state index contributed by atoms with van der Waals surface area (Å²) < 4.78 is 29.5. The molecule has 0 radical (unpaired) electrons. The van der Waals surface area contributed by atoms with Gasteiger partial charge in [-0.3, -0.25) is 0 Å². The van der Waals surface area contributed by atoms with Crippen molar-refractivity contribution < 1.29 is 8.78 Å². The predicted octanol–water partition coefficient (Wildman–Crippen LogP) is 3.70. The zero-order chi connectivity index (χ0) is 15.2. The third kappa shape index (κ3) is 2.15. The topological polar surface area (TPSA) is 12.0 Å². The minimum absolute atomic E-state index is 0.136. The molecule has 0 amide bonds. The molecule has 4 rings (SSSR count). The molecule has 0 aromatic heterocycles. The van der Waals surface area contributed by atoms with E-state index in [0.29, 0.717) is 0 Å². The Kier molecular flexibility index (Phi) is 3.26. The van der Waals surface area contributed by atoms with Crippen LogP contribution < -0.4 is 5.32 Å². The van der Waals surface area contributed by atoms with E-state index < -0.39 is 11.8 Å². The minimum Gasteiger partial charge on any atom is -0.316 e. The maximum Gasteiger partial charge on any atom is 0.262 e. The van der Waals surface area contributed by atoms with E-state index in [9.17, 15) is 8.78 Å². The normalized spacial score (nSPS) is 22.7. The Morgan fingerprint density at radius 2 is 1.64 bits per heavy atom. The fraction of sp³-hybridized carbons (Fsp3) is 0.368. The maximum atomic E-state index is 14.7. The van der Waals surface area contributed by atoms with Crippen LogP contribution in [0.3, 0.4) is 0 Å². The first kappa shape index (κ1) is 13.9. The first-order valence-corrected chi connectivity index (χ1v) is 7.94. The van der Waals surface area contributed by atoms with E-state index >= 15 is 0 Å². The summed E-state index contributed by atoms with van der Waals surface area (Å²) in [6.07, 6.45) is 1.64. The summed E-state index contributed by atoms with van der Waals surface area (Å²) in [6, 6.07) is 13.2. The molecule has 1 aliphatic carbocycles. The Morgan fingerprint density at radius 1 is 0.909 bits per heavy atom. The Hall–Kier alpha value is -1.74. The van der Waals surface area contributed by atoms with Crippen molar-refractivity contribution >= 4 is 0 Å². The molecule has 2 aromatic carbocycles. The summed E-state index contributed by atoms with van der Waals surface area (Å²) in [5.74, 6) is -3.49. The average molecular weight is 299 g/mol.